The van der Waals surface area contributed by atoms with E-state index >= 15 is 0 Å². The van der Waals surface area contributed by atoms with Gasteiger partial charge in [0.2, 0.25) is 0 Å². The molecule has 2 aromatic rings. The number of rotatable bonds is 2. The fourth-order valence-electron chi connectivity index (χ4n) is 3.76. The number of halogens is 2. The molecule has 122 valence electrons. The molecular weight excluding hydrogens is 347 g/mol. The first-order chi connectivity index (χ1) is 11.6. The summed E-state index contributed by atoms with van der Waals surface area (Å²) in [5, 5.41) is 15.6. The Hall–Kier alpha value is -2.04. The smallest absolute Gasteiger partial charge is 0.269 e. The zero-order valence-corrected chi connectivity index (χ0v) is 14.1. The lowest BCUT2D eigenvalue weighted by Crippen LogP contribution is -2.29. The van der Waals surface area contributed by atoms with Gasteiger partial charge in [0.05, 0.1) is 26.7 Å². The molecule has 0 aromatic heterocycles. The Kier molecular flexibility index (Phi) is 3.74. The summed E-state index contributed by atoms with van der Waals surface area (Å²) in [7, 11) is 0. The summed E-state index contributed by atoms with van der Waals surface area (Å²) in [6.45, 7) is 0. The predicted octanol–water partition coefficient (Wildman–Crippen LogP) is 5.73. The largest absolute Gasteiger partial charge is 0.376 e. The molecule has 2 aromatic carbocycles. The second kappa shape index (κ2) is 5.80. The lowest BCUT2D eigenvalue weighted by molar-refractivity contribution is -0.384. The summed E-state index contributed by atoms with van der Waals surface area (Å²) in [6, 6.07) is 10.6. The third-order valence-electron chi connectivity index (χ3n) is 4.87. The summed E-state index contributed by atoms with van der Waals surface area (Å²) in [6.07, 6.45) is 5.28. The van der Waals surface area contributed by atoms with Gasteiger partial charge in [-0.25, -0.2) is 0 Å². The number of nitro groups is 1. The average molecular weight is 361 g/mol. The molecule has 1 aliphatic carbocycles. The molecule has 0 unspecified atom stereocenters. The molecule has 0 bridgehead atoms. The zero-order valence-electron chi connectivity index (χ0n) is 12.6. The van der Waals surface area contributed by atoms with Crippen LogP contribution in [0.1, 0.15) is 29.5 Å². The Morgan fingerprint density at radius 2 is 2.04 bits per heavy atom. The molecule has 6 heteroatoms. The van der Waals surface area contributed by atoms with Crippen LogP contribution >= 0.6 is 23.2 Å². The van der Waals surface area contributed by atoms with Crippen LogP contribution < -0.4 is 5.32 Å². The van der Waals surface area contributed by atoms with E-state index in [9.17, 15) is 10.1 Å². The first kappa shape index (κ1) is 15.5. The molecule has 0 radical (unpaired) electrons. The number of anilines is 1. The van der Waals surface area contributed by atoms with Crippen LogP contribution in [0.3, 0.4) is 0 Å². The van der Waals surface area contributed by atoms with Gasteiger partial charge in [-0.15, -0.1) is 0 Å². The van der Waals surface area contributed by atoms with Crippen LogP contribution in [0.15, 0.2) is 48.6 Å². The summed E-state index contributed by atoms with van der Waals surface area (Å²) < 4.78 is 0. The van der Waals surface area contributed by atoms with Gasteiger partial charge in [0.15, 0.2) is 0 Å². The molecule has 0 spiro atoms. The minimum atomic E-state index is -0.367. The molecular formula is C18H14Cl2N2O2. The van der Waals surface area contributed by atoms with Crippen molar-refractivity contribution in [3.63, 3.8) is 0 Å². The highest BCUT2D eigenvalue weighted by Gasteiger charge is 2.39. The van der Waals surface area contributed by atoms with E-state index < -0.39 is 0 Å². The van der Waals surface area contributed by atoms with Crippen LogP contribution in [0.4, 0.5) is 11.4 Å². The molecule has 0 saturated heterocycles. The summed E-state index contributed by atoms with van der Waals surface area (Å²) >= 11 is 12.6. The minimum Gasteiger partial charge on any atom is -0.376 e. The van der Waals surface area contributed by atoms with Gasteiger partial charge in [-0.3, -0.25) is 10.1 Å². The highest BCUT2D eigenvalue weighted by molar-refractivity contribution is 6.43. The van der Waals surface area contributed by atoms with Gasteiger partial charge in [-0.05, 0) is 29.5 Å². The molecule has 3 atom stereocenters. The van der Waals surface area contributed by atoms with E-state index in [1.54, 1.807) is 12.1 Å². The predicted molar refractivity (Wildman–Crippen MR) is 95.9 cm³/mol. The van der Waals surface area contributed by atoms with Crippen molar-refractivity contribution in [1.82, 2.24) is 0 Å². The van der Waals surface area contributed by atoms with Crippen molar-refractivity contribution < 1.29 is 4.92 Å². The van der Waals surface area contributed by atoms with E-state index in [1.807, 2.05) is 18.2 Å². The second-order valence-corrected chi connectivity index (χ2v) is 6.94. The van der Waals surface area contributed by atoms with Crippen molar-refractivity contribution in [3.05, 3.63) is 79.8 Å². The second-order valence-electron chi connectivity index (χ2n) is 6.15. The number of fused-ring (bicyclic) bond motifs is 3. The van der Waals surface area contributed by atoms with Crippen molar-refractivity contribution in [2.75, 3.05) is 5.32 Å². The number of nitro benzene ring substituents is 1. The van der Waals surface area contributed by atoms with Gasteiger partial charge in [-0.1, -0.05) is 53.6 Å². The molecule has 1 aliphatic heterocycles. The minimum absolute atomic E-state index is 0.0478. The van der Waals surface area contributed by atoms with Crippen molar-refractivity contribution >= 4 is 34.6 Å². The van der Waals surface area contributed by atoms with Gasteiger partial charge in [0, 0.05) is 18.1 Å². The molecule has 1 heterocycles. The summed E-state index contributed by atoms with van der Waals surface area (Å²) in [5.41, 5.74) is 2.95. The van der Waals surface area contributed by atoms with Crippen molar-refractivity contribution in [1.29, 1.82) is 0 Å². The highest BCUT2D eigenvalue weighted by atomic mass is 35.5. The molecule has 0 amide bonds. The van der Waals surface area contributed by atoms with E-state index in [0.717, 1.165) is 23.2 Å². The van der Waals surface area contributed by atoms with E-state index in [-0.39, 0.29) is 22.6 Å². The Bertz CT molecular complexity index is 866. The van der Waals surface area contributed by atoms with E-state index in [4.69, 9.17) is 23.2 Å². The van der Waals surface area contributed by atoms with Gasteiger partial charge in [0.1, 0.15) is 0 Å². The monoisotopic (exact) mass is 360 g/mol. The van der Waals surface area contributed by atoms with Crippen LogP contribution in [0.2, 0.25) is 10.0 Å². The maximum Gasteiger partial charge on any atom is 0.269 e. The number of hydrogen-bond acceptors (Lipinski definition) is 3. The number of nitrogens with one attached hydrogen (secondary N) is 1. The van der Waals surface area contributed by atoms with Crippen molar-refractivity contribution in [2.45, 2.75) is 18.4 Å². The topological polar surface area (TPSA) is 55.2 Å². The zero-order chi connectivity index (χ0) is 16.8. The molecule has 1 N–H and O–H groups in total. The molecule has 0 fully saturated rings. The van der Waals surface area contributed by atoms with Gasteiger partial charge in [-0.2, -0.15) is 0 Å². The number of non-ortho nitro benzene ring substituents is 1. The Labute approximate surface area is 149 Å². The molecule has 4 rings (SSSR count). The van der Waals surface area contributed by atoms with E-state index in [0.29, 0.717) is 16.0 Å². The molecule has 2 aliphatic rings. The maximum absolute atomic E-state index is 11.1. The summed E-state index contributed by atoms with van der Waals surface area (Å²) in [4.78, 5) is 10.7. The Morgan fingerprint density at radius 1 is 1.21 bits per heavy atom. The van der Waals surface area contributed by atoms with Crippen molar-refractivity contribution in [3.8, 4) is 0 Å². The van der Waals surface area contributed by atoms with Crippen LogP contribution in [0, 0.1) is 16.0 Å². The van der Waals surface area contributed by atoms with E-state index in [2.05, 4.69) is 17.5 Å². The third-order valence-corrected chi connectivity index (χ3v) is 5.67. The first-order valence-corrected chi connectivity index (χ1v) is 8.47. The Morgan fingerprint density at radius 3 is 2.83 bits per heavy atom. The van der Waals surface area contributed by atoms with E-state index in [1.165, 1.54) is 6.07 Å². The van der Waals surface area contributed by atoms with Gasteiger partial charge < -0.3 is 5.32 Å². The van der Waals surface area contributed by atoms with Crippen molar-refractivity contribution in [2.24, 2.45) is 5.92 Å². The number of allylic oxidation sites excluding steroid dienone is 2. The molecule has 4 nitrogen and oxygen atoms in total. The first-order valence-electron chi connectivity index (χ1n) is 7.71. The number of hydrogen-bond donors (Lipinski definition) is 1. The highest BCUT2D eigenvalue weighted by Crippen LogP contribution is 2.52. The van der Waals surface area contributed by atoms with Gasteiger partial charge >= 0.3 is 0 Å². The van der Waals surface area contributed by atoms with Gasteiger partial charge in [0.25, 0.3) is 5.69 Å². The third kappa shape index (κ3) is 2.38. The number of nitrogens with zero attached hydrogens (tertiary/aromatic N) is 1. The normalized spacial score (nSPS) is 24.2. The van der Waals surface area contributed by atoms with Crippen LogP contribution in [-0.4, -0.2) is 4.92 Å². The van der Waals surface area contributed by atoms with Crippen LogP contribution in [0.5, 0.6) is 0 Å². The fraction of sp³-hybridized carbons (Fsp3) is 0.222. The Balaban J connectivity index is 1.82. The average Bonchev–Trinajstić information content (AvgIpc) is 3.07. The fourth-order valence-corrected chi connectivity index (χ4v) is 4.15. The lowest BCUT2D eigenvalue weighted by Gasteiger charge is -2.38. The molecule has 24 heavy (non-hydrogen) atoms. The molecule has 0 saturated carbocycles. The summed E-state index contributed by atoms with van der Waals surface area (Å²) in [5.74, 6) is 0.539. The van der Waals surface area contributed by atoms with Crippen LogP contribution in [-0.2, 0) is 0 Å². The number of benzene rings is 2. The standard InChI is InChI=1S/C18H14Cl2N2O2/c19-15-8-7-14-12-5-2-6-13(12)17(21-18(14)16(15)20)10-3-1-4-11(9-10)22(23)24/h1-5,7-9,12-13,17,21H,6H2/t12-,13+,17+/m0/s1. The quantitative estimate of drug-likeness (QED) is 0.422. The lowest BCUT2D eigenvalue weighted by atomic mass is 9.77. The SMILES string of the molecule is O=[N+]([O-])c1cccc([C@H]2Nc3c(ccc(Cl)c3Cl)[C@H]3C=CC[C@H]32)c1. The van der Waals surface area contributed by atoms with Crippen LogP contribution in [0.25, 0.3) is 0 Å². The maximum atomic E-state index is 11.1.